The molecule has 1 fully saturated rings. The van der Waals surface area contributed by atoms with Gasteiger partial charge in [-0.25, -0.2) is 0 Å². The molecule has 1 amide bonds. The number of piperidine rings is 1. The molecule has 1 aliphatic heterocycles. The van der Waals surface area contributed by atoms with Gasteiger partial charge < -0.3 is 15.1 Å². The largest absolute Gasteiger partial charge is 0.451 e. The number of carbonyl (C=O) groups excluding carboxylic acids is 1. The van der Waals surface area contributed by atoms with Crippen LogP contribution in [0.2, 0.25) is 5.02 Å². The highest BCUT2D eigenvalue weighted by molar-refractivity contribution is 6.31. The molecule has 0 bridgehead atoms. The third-order valence-electron chi connectivity index (χ3n) is 4.66. The molecule has 6 heteroatoms. The minimum atomic E-state index is -0.0343. The van der Waals surface area contributed by atoms with Gasteiger partial charge in [0.2, 0.25) is 0 Å². The summed E-state index contributed by atoms with van der Waals surface area (Å²) in [6.07, 6.45) is 1.91. The number of likely N-dealkylation sites (tertiary alicyclic amines) is 1. The average molecular weight is 357 g/mol. The van der Waals surface area contributed by atoms with Crippen LogP contribution in [0, 0.1) is 12.8 Å². The first-order chi connectivity index (χ1) is 10.5. The molecule has 1 saturated heterocycles. The second-order valence-corrected chi connectivity index (χ2v) is 6.62. The van der Waals surface area contributed by atoms with Crippen molar-refractivity contribution in [3.05, 3.63) is 34.5 Å². The molecule has 126 valence electrons. The lowest BCUT2D eigenvalue weighted by atomic mass is 9.91. The van der Waals surface area contributed by atoms with E-state index in [-0.39, 0.29) is 24.4 Å². The van der Waals surface area contributed by atoms with Crippen LogP contribution in [0.1, 0.15) is 35.9 Å². The Bertz CT molecular complexity index is 704. The van der Waals surface area contributed by atoms with Gasteiger partial charge in [0.1, 0.15) is 5.58 Å². The summed E-state index contributed by atoms with van der Waals surface area (Å²) in [5, 5.41) is 1.55. The van der Waals surface area contributed by atoms with Crippen molar-refractivity contribution in [2.24, 2.45) is 11.7 Å². The van der Waals surface area contributed by atoms with Gasteiger partial charge >= 0.3 is 0 Å². The molecular formula is C17H22Cl2N2O2. The minimum Gasteiger partial charge on any atom is -0.451 e. The molecule has 2 aromatic rings. The van der Waals surface area contributed by atoms with Crippen molar-refractivity contribution in [2.75, 3.05) is 13.1 Å². The summed E-state index contributed by atoms with van der Waals surface area (Å²) in [6.45, 7) is 5.42. The molecule has 2 heterocycles. The predicted octanol–water partition coefficient (Wildman–Crippen LogP) is 4.02. The van der Waals surface area contributed by atoms with Gasteiger partial charge in [0.15, 0.2) is 5.76 Å². The quantitative estimate of drug-likeness (QED) is 0.883. The fraction of sp³-hybridized carbons (Fsp3) is 0.471. The third kappa shape index (κ3) is 3.49. The van der Waals surface area contributed by atoms with Crippen LogP contribution in [0.4, 0.5) is 0 Å². The monoisotopic (exact) mass is 356 g/mol. The van der Waals surface area contributed by atoms with Gasteiger partial charge in [-0.15, -0.1) is 12.4 Å². The number of nitrogens with two attached hydrogens (primary N) is 1. The number of fused-ring (bicyclic) bond motifs is 1. The van der Waals surface area contributed by atoms with Crippen molar-refractivity contribution < 1.29 is 9.21 Å². The standard InChI is InChI=1S/C17H21ClN2O2.ClH/c1-10-14-9-13(18)3-4-15(14)22-16(10)17(21)20-7-5-12(6-8-20)11(2)19;/h3-4,9,11-12H,5-8,19H2,1-2H3;1H. The van der Waals surface area contributed by atoms with E-state index in [0.717, 1.165) is 36.9 Å². The van der Waals surface area contributed by atoms with Gasteiger partial charge in [0, 0.05) is 35.1 Å². The van der Waals surface area contributed by atoms with E-state index in [1.165, 1.54) is 0 Å². The van der Waals surface area contributed by atoms with Crippen LogP contribution >= 0.6 is 24.0 Å². The van der Waals surface area contributed by atoms with E-state index in [9.17, 15) is 4.79 Å². The van der Waals surface area contributed by atoms with Crippen LogP contribution in [0.5, 0.6) is 0 Å². The van der Waals surface area contributed by atoms with E-state index in [4.69, 9.17) is 21.8 Å². The molecule has 1 aliphatic rings. The van der Waals surface area contributed by atoms with Gasteiger partial charge in [0.05, 0.1) is 0 Å². The summed E-state index contributed by atoms with van der Waals surface area (Å²) < 4.78 is 5.77. The topological polar surface area (TPSA) is 59.5 Å². The lowest BCUT2D eigenvalue weighted by Crippen LogP contribution is -2.42. The number of hydrogen-bond acceptors (Lipinski definition) is 3. The first-order valence-corrected chi connectivity index (χ1v) is 8.08. The number of hydrogen-bond donors (Lipinski definition) is 1. The maximum Gasteiger partial charge on any atom is 0.289 e. The summed E-state index contributed by atoms with van der Waals surface area (Å²) in [5.41, 5.74) is 7.52. The van der Waals surface area contributed by atoms with E-state index in [1.807, 2.05) is 30.9 Å². The fourth-order valence-electron chi connectivity index (χ4n) is 3.17. The molecule has 1 unspecified atom stereocenters. The van der Waals surface area contributed by atoms with Crippen LogP contribution in [-0.2, 0) is 0 Å². The second-order valence-electron chi connectivity index (χ2n) is 6.19. The minimum absolute atomic E-state index is 0. The predicted molar refractivity (Wildman–Crippen MR) is 95.5 cm³/mol. The number of furan rings is 1. The van der Waals surface area contributed by atoms with Crippen molar-refractivity contribution in [2.45, 2.75) is 32.7 Å². The van der Waals surface area contributed by atoms with Crippen LogP contribution in [-0.4, -0.2) is 29.9 Å². The summed E-state index contributed by atoms with van der Waals surface area (Å²) >= 11 is 6.02. The lowest BCUT2D eigenvalue weighted by molar-refractivity contribution is 0.0650. The van der Waals surface area contributed by atoms with Crippen molar-refractivity contribution in [3.8, 4) is 0 Å². The van der Waals surface area contributed by atoms with Crippen molar-refractivity contribution in [1.82, 2.24) is 4.90 Å². The Kier molecular flexibility index (Phi) is 5.61. The normalized spacial score (nSPS) is 17.1. The van der Waals surface area contributed by atoms with Crippen LogP contribution in [0.25, 0.3) is 11.0 Å². The summed E-state index contributed by atoms with van der Waals surface area (Å²) in [4.78, 5) is 14.6. The van der Waals surface area contributed by atoms with E-state index in [0.29, 0.717) is 22.3 Å². The van der Waals surface area contributed by atoms with Gasteiger partial charge in [-0.1, -0.05) is 11.6 Å². The SMILES string of the molecule is Cc1c(C(=O)N2CCC(C(C)N)CC2)oc2ccc(Cl)cc12.Cl. The van der Waals surface area contributed by atoms with Crippen LogP contribution in [0.15, 0.2) is 22.6 Å². The van der Waals surface area contributed by atoms with Gasteiger partial charge in [-0.2, -0.15) is 0 Å². The third-order valence-corrected chi connectivity index (χ3v) is 4.90. The highest BCUT2D eigenvalue weighted by Gasteiger charge is 2.28. The molecular weight excluding hydrogens is 335 g/mol. The summed E-state index contributed by atoms with van der Waals surface area (Å²) in [6, 6.07) is 5.61. The molecule has 1 aromatic heterocycles. The molecule has 0 spiro atoms. The molecule has 4 nitrogen and oxygen atoms in total. The Labute approximate surface area is 147 Å². The van der Waals surface area contributed by atoms with Crippen molar-refractivity contribution >= 4 is 40.9 Å². The van der Waals surface area contributed by atoms with Crippen LogP contribution in [0.3, 0.4) is 0 Å². The molecule has 0 aliphatic carbocycles. The smallest absolute Gasteiger partial charge is 0.289 e. The molecule has 2 N–H and O–H groups in total. The zero-order chi connectivity index (χ0) is 15.9. The van der Waals surface area contributed by atoms with E-state index in [1.54, 1.807) is 6.07 Å². The Morgan fingerprint density at radius 2 is 2.04 bits per heavy atom. The second kappa shape index (κ2) is 7.12. The first-order valence-electron chi connectivity index (χ1n) is 7.71. The van der Waals surface area contributed by atoms with Gasteiger partial charge in [-0.3, -0.25) is 4.79 Å². The lowest BCUT2D eigenvalue weighted by Gasteiger charge is -2.33. The summed E-state index contributed by atoms with van der Waals surface area (Å²) in [5.74, 6) is 0.893. The number of aryl methyl sites for hydroxylation is 1. The molecule has 3 rings (SSSR count). The molecule has 0 saturated carbocycles. The number of halogens is 2. The zero-order valence-corrected chi connectivity index (χ0v) is 14.9. The Hall–Kier alpha value is -1.23. The molecule has 0 radical (unpaired) electrons. The van der Waals surface area contributed by atoms with Gasteiger partial charge in [0.25, 0.3) is 5.91 Å². The Balaban J connectivity index is 0.00000192. The average Bonchev–Trinajstić information content (AvgIpc) is 2.83. The number of benzene rings is 1. The number of amides is 1. The number of carbonyl (C=O) groups is 1. The maximum atomic E-state index is 12.7. The summed E-state index contributed by atoms with van der Waals surface area (Å²) in [7, 11) is 0. The molecule has 23 heavy (non-hydrogen) atoms. The number of rotatable bonds is 2. The van der Waals surface area contributed by atoms with E-state index < -0.39 is 0 Å². The van der Waals surface area contributed by atoms with Crippen molar-refractivity contribution in [1.29, 1.82) is 0 Å². The molecule has 1 atom stereocenters. The van der Waals surface area contributed by atoms with Crippen LogP contribution < -0.4 is 5.73 Å². The van der Waals surface area contributed by atoms with Gasteiger partial charge in [-0.05, 0) is 50.8 Å². The zero-order valence-electron chi connectivity index (χ0n) is 13.3. The highest BCUT2D eigenvalue weighted by atomic mass is 35.5. The Morgan fingerprint density at radius 3 is 2.65 bits per heavy atom. The maximum absolute atomic E-state index is 12.7. The molecule has 1 aromatic carbocycles. The highest BCUT2D eigenvalue weighted by Crippen LogP contribution is 2.30. The number of nitrogens with zero attached hydrogens (tertiary/aromatic N) is 1. The van der Waals surface area contributed by atoms with E-state index >= 15 is 0 Å². The Morgan fingerprint density at radius 1 is 1.39 bits per heavy atom. The van der Waals surface area contributed by atoms with Crippen molar-refractivity contribution in [3.63, 3.8) is 0 Å². The first kappa shape index (κ1) is 18.1. The van der Waals surface area contributed by atoms with E-state index in [2.05, 4.69) is 0 Å². The fourth-order valence-corrected chi connectivity index (χ4v) is 3.34.